The second-order valence-corrected chi connectivity index (χ2v) is 9.59. The van der Waals surface area contributed by atoms with Gasteiger partial charge in [0.15, 0.2) is 4.34 Å². The third-order valence-electron chi connectivity index (χ3n) is 4.87. The number of carbonyl (C=O) groups excluding carboxylic acids is 2. The van der Waals surface area contributed by atoms with Crippen LogP contribution >= 0.6 is 23.1 Å². The fourth-order valence-corrected chi connectivity index (χ4v) is 4.94. The molecule has 4 rings (SSSR count). The molecular weight excluding hydrogens is 440 g/mol. The van der Waals surface area contributed by atoms with Crippen molar-refractivity contribution in [3.05, 3.63) is 77.4 Å². The molecule has 4 aromatic rings. The summed E-state index contributed by atoms with van der Waals surface area (Å²) in [6, 6.07) is 19.8. The van der Waals surface area contributed by atoms with E-state index in [0.29, 0.717) is 9.47 Å². The average Bonchev–Trinajstić information content (AvgIpc) is 3.22. The molecule has 162 valence electrons. The van der Waals surface area contributed by atoms with Crippen LogP contribution in [0.15, 0.2) is 65.0 Å². The number of benzene rings is 3. The first-order valence-electron chi connectivity index (χ1n) is 10.1. The second kappa shape index (κ2) is 9.93. The van der Waals surface area contributed by atoms with E-state index in [2.05, 4.69) is 20.8 Å². The Morgan fingerprint density at radius 3 is 2.59 bits per heavy atom. The molecule has 1 heterocycles. The van der Waals surface area contributed by atoms with Crippen LogP contribution in [0.1, 0.15) is 16.7 Å². The number of anilines is 2. The molecular formula is C24H22N4O2S2. The van der Waals surface area contributed by atoms with Crippen LogP contribution in [0.5, 0.6) is 0 Å². The summed E-state index contributed by atoms with van der Waals surface area (Å²) < 4.78 is 0.626. The average molecular weight is 463 g/mol. The van der Waals surface area contributed by atoms with Gasteiger partial charge in [-0.3, -0.25) is 9.59 Å². The lowest BCUT2D eigenvalue weighted by Crippen LogP contribution is -2.14. The predicted octanol–water partition coefficient (Wildman–Crippen LogP) is 5.22. The first-order chi connectivity index (χ1) is 15.5. The van der Waals surface area contributed by atoms with E-state index in [-0.39, 0.29) is 24.0 Å². The van der Waals surface area contributed by atoms with Crippen molar-refractivity contribution in [3.63, 3.8) is 0 Å². The molecule has 0 saturated carbocycles. The summed E-state index contributed by atoms with van der Waals surface area (Å²) in [5.41, 5.74) is 3.94. The highest BCUT2D eigenvalue weighted by molar-refractivity contribution is 8.01. The largest absolute Gasteiger partial charge is 0.325 e. The molecule has 0 aliphatic rings. The van der Waals surface area contributed by atoms with E-state index in [1.54, 1.807) is 0 Å². The number of aryl methyl sites for hydroxylation is 2. The monoisotopic (exact) mass is 462 g/mol. The quantitative estimate of drug-likeness (QED) is 0.291. The Morgan fingerprint density at radius 1 is 0.938 bits per heavy atom. The van der Waals surface area contributed by atoms with Crippen LogP contribution in [0.4, 0.5) is 10.8 Å². The van der Waals surface area contributed by atoms with Gasteiger partial charge in [0.2, 0.25) is 16.9 Å². The van der Waals surface area contributed by atoms with Crippen molar-refractivity contribution >= 4 is 56.5 Å². The zero-order valence-electron chi connectivity index (χ0n) is 17.7. The van der Waals surface area contributed by atoms with Crippen LogP contribution < -0.4 is 10.6 Å². The van der Waals surface area contributed by atoms with Crippen LogP contribution in [0, 0.1) is 13.8 Å². The summed E-state index contributed by atoms with van der Waals surface area (Å²) in [5.74, 6) is -0.0494. The lowest BCUT2D eigenvalue weighted by molar-refractivity contribution is -0.115. The minimum Gasteiger partial charge on any atom is -0.325 e. The maximum Gasteiger partial charge on any atom is 0.234 e. The second-order valence-electron chi connectivity index (χ2n) is 7.39. The van der Waals surface area contributed by atoms with Crippen LogP contribution in [0.2, 0.25) is 0 Å². The van der Waals surface area contributed by atoms with Gasteiger partial charge >= 0.3 is 0 Å². The molecule has 0 fully saturated rings. The van der Waals surface area contributed by atoms with E-state index in [1.807, 2.05) is 74.5 Å². The first kappa shape index (κ1) is 22.0. The molecule has 6 nitrogen and oxygen atoms in total. The third kappa shape index (κ3) is 5.52. The summed E-state index contributed by atoms with van der Waals surface area (Å²) in [6.07, 6.45) is 0.252. The summed E-state index contributed by atoms with van der Waals surface area (Å²) in [7, 11) is 0. The number of nitrogens with one attached hydrogen (secondary N) is 2. The number of hydrogen-bond acceptors (Lipinski definition) is 6. The summed E-state index contributed by atoms with van der Waals surface area (Å²) in [4.78, 5) is 24.8. The van der Waals surface area contributed by atoms with E-state index in [0.717, 1.165) is 33.2 Å². The van der Waals surface area contributed by atoms with Gasteiger partial charge in [-0.15, -0.1) is 10.2 Å². The molecule has 0 aliphatic carbocycles. The van der Waals surface area contributed by atoms with Crippen molar-refractivity contribution in [1.82, 2.24) is 10.2 Å². The highest BCUT2D eigenvalue weighted by Gasteiger charge is 2.13. The van der Waals surface area contributed by atoms with Crippen LogP contribution in [-0.2, 0) is 16.0 Å². The lowest BCUT2D eigenvalue weighted by Gasteiger charge is -2.08. The molecule has 0 saturated heterocycles. The zero-order valence-corrected chi connectivity index (χ0v) is 19.3. The van der Waals surface area contributed by atoms with Gasteiger partial charge in [-0.2, -0.15) is 0 Å². The molecule has 0 atom stereocenters. The molecule has 2 amide bonds. The molecule has 0 spiro atoms. The number of amides is 2. The number of nitrogens with zero attached hydrogens (tertiary/aromatic N) is 2. The van der Waals surface area contributed by atoms with E-state index < -0.39 is 0 Å². The number of rotatable bonds is 7. The minimum absolute atomic E-state index is 0.112. The zero-order chi connectivity index (χ0) is 22.5. The highest BCUT2D eigenvalue weighted by Crippen LogP contribution is 2.26. The fraction of sp³-hybridized carbons (Fsp3) is 0.167. The van der Waals surface area contributed by atoms with Crippen LogP contribution in [0.3, 0.4) is 0 Å². The molecule has 3 aromatic carbocycles. The number of aromatic nitrogens is 2. The number of carbonyl (C=O) groups is 2. The standard InChI is InChI=1S/C24H22N4O2S2/c1-15-10-11-20(16(2)12-15)25-22(30)14-31-24-28-27-23(32-24)26-21(29)13-18-8-5-7-17-6-3-4-9-19(17)18/h3-12H,13-14H2,1-2H3,(H,25,30)(H,26,27,29). The minimum atomic E-state index is -0.151. The Hall–Kier alpha value is -3.23. The van der Waals surface area contributed by atoms with Gasteiger partial charge in [-0.1, -0.05) is 83.3 Å². The van der Waals surface area contributed by atoms with Crippen molar-refractivity contribution in [1.29, 1.82) is 0 Å². The van der Waals surface area contributed by atoms with Gasteiger partial charge in [0.1, 0.15) is 0 Å². The van der Waals surface area contributed by atoms with Crippen molar-refractivity contribution in [2.24, 2.45) is 0 Å². The summed E-state index contributed by atoms with van der Waals surface area (Å²) >= 11 is 2.55. The maximum atomic E-state index is 12.5. The van der Waals surface area contributed by atoms with Crippen molar-refractivity contribution in [3.8, 4) is 0 Å². The SMILES string of the molecule is Cc1ccc(NC(=O)CSc2nnc(NC(=O)Cc3cccc4ccccc34)s2)c(C)c1. The van der Waals surface area contributed by atoms with Crippen LogP contribution in [-0.4, -0.2) is 27.8 Å². The molecule has 0 bridgehead atoms. The van der Waals surface area contributed by atoms with Crippen molar-refractivity contribution in [2.45, 2.75) is 24.6 Å². The van der Waals surface area contributed by atoms with Gasteiger partial charge < -0.3 is 10.6 Å². The van der Waals surface area contributed by atoms with E-state index >= 15 is 0 Å². The predicted molar refractivity (Wildman–Crippen MR) is 131 cm³/mol. The molecule has 0 unspecified atom stereocenters. The molecule has 2 N–H and O–H groups in total. The highest BCUT2D eigenvalue weighted by atomic mass is 32.2. The van der Waals surface area contributed by atoms with Gasteiger partial charge in [0.05, 0.1) is 12.2 Å². The molecule has 32 heavy (non-hydrogen) atoms. The normalized spacial score (nSPS) is 10.8. The molecule has 8 heteroatoms. The first-order valence-corrected chi connectivity index (χ1v) is 11.9. The Kier molecular flexibility index (Phi) is 6.82. The molecule has 0 aliphatic heterocycles. The van der Waals surface area contributed by atoms with Gasteiger partial charge in [-0.05, 0) is 41.8 Å². The van der Waals surface area contributed by atoms with Gasteiger partial charge in [-0.25, -0.2) is 0 Å². The topological polar surface area (TPSA) is 84.0 Å². The fourth-order valence-electron chi connectivity index (χ4n) is 3.37. The van der Waals surface area contributed by atoms with Crippen molar-refractivity contribution in [2.75, 3.05) is 16.4 Å². The van der Waals surface area contributed by atoms with E-state index in [4.69, 9.17) is 0 Å². The number of fused-ring (bicyclic) bond motifs is 1. The molecule has 1 aromatic heterocycles. The van der Waals surface area contributed by atoms with E-state index in [1.165, 1.54) is 23.1 Å². The third-order valence-corrected chi connectivity index (χ3v) is 6.84. The molecule has 0 radical (unpaired) electrons. The van der Waals surface area contributed by atoms with Crippen LogP contribution in [0.25, 0.3) is 10.8 Å². The maximum absolute atomic E-state index is 12.5. The Labute approximate surface area is 194 Å². The summed E-state index contributed by atoms with van der Waals surface area (Å²) in [5, 5.41) is 16.4. The number of hydrogen-bond donors (Lipinski definition) is 2. The lowest BCUT2D eigenvalue weighted by atomic mass is 10.0. The Bertz CT molecular complexity index is 1280. The van der Waals surface area contributed by atoms with Gasteiger partial charge in [0.25, 0.3) is 0 Å². The number of thioether (sulfide) groups is 1. The summed E-state index contributed by atoms with van der Waals surface area (Å²) in [6.45, 7) is 3.98. The Balaban J connectivity index is 1.30. The van der Waals surface area contributed by atoms with Gasteiger partial charge in [0, 0.05) is 5.69 Å². The smallest absolute Gasteiger partial charge is 0.234 e. The van der Waals surface area contributed by atoms with E-state index in [9.17, 15) is 9.59 Å². The van der Waals surface area contributed by atoms with Crippen molar-refractivity contribution < 1.29 is 9.59 Å². The Morgan fingerprint density at radius 2 is 1.75 bits per heavy atom.